The third kappa shape index (κ3) is 2.41. The van der Waals surface area contributed by atoms with Gasteiger partial charge in [-0.05, 0) is 58.0 Å². The highest BCUT2D eigenvalue weighted by molar-refractivity contribution is 6.92. The number of rotatable bonds is 2. The van der Waals surface area contributed by atoms with Gasteiger partial charge in [0.15, 0.2) is 0 Å². The summed E-state index contributed by atoms with van der Waals surface area (Å²) in [6.07, 6.45) is 8.55. The van der Waals surface area contributed by atoms with E-state index in [0.29, 0.717) is 5.92 Å². The van der Waals surface area contributed by atoms with Gasteiger partial charge in [0.2, 0.25) is 0 Å². The van der Waals surface area contributed by atoms with Crippen molar-refractivity contribution in [3.05, 3.63) is 104 Å². The van der Waals surface area contributed by atoms with Gasteiger partial charge in [0.1, 0.15) is 8.07 Å². The molecule has 0 aliphatic heterocycles. The third-order valence-electron chi connectivity index (χ3n) is 6.77. The van der Waals surface area contributed by atoms with E-state index in [9.17, 15) is 0 Å². The van der Waals surface area contributed by atoms with Crippen LogP contribution in [0.4, 0.5) is 0 Å². The molecule has 134 valence electrons. The highest BCUT2D eigenvalue weighted by Gasteiger charge is 2.40. The molecule has 0 spiro atoms. The van der Waals surface area contributed by atoms with E-state index in [0.717, 1.165) is 6.42 Å². The SMILES string of the molecule is CC1=C([Si](C)(C)C2=Cc3ccccc3C2)C2=Cc3ccccc3C(C)C2=C1. The Morgan fingerprint density at radius 2 is 1.56 bits per heavy atom. The van der Waals surface area contributed by atoms with E-state index in [2.05, 4.69) is 93.7 Å². The zero-order valence-corrected chi connectivity index (χ0v) is 17.6. The second-order valence-corrected chi connectivity index (χ2v) is 13.1. The second kappa shape index (κ2) is 5.81. The van der Waals surface area contributed by atoms with Crippen molar-refractivity contribution in [2.45, 2.75) is 39.3 Å². The van der Waals surface area contributed by atoms with E-state index >= 15 is 0 Å². The third-order valence-corrected chi connectivity index (χ3v) is 10.6. The van der Waals surface area contributed by atoms with Crippen LogP contribution in [0.3, 0.4) is 0 Å². The van der Waals surface area contributed by atoms with Gasteiger partial charge in [-0.1, -0.05) is 91.5 Å². The summed E-state index contributed by atoms with van der Waals surface area (Å²) in [5.41, 5.74) is 10.3. The maximum atomic E-state index is 2.55. The van der Waals surface area contributed by atoms with Gasteiger partial charge in [0.05, 0.1) is 0 Å². The van der Waals surface area contributed by atoms with Gasteiger partial charge in [0, 0.05) is 5.92 Å². The maximum Gasteiger partial charge on any atom is 0.109 e. The Hall–Kier alpha value is -2.38. The highest BCUT2D eigenvalue weighted by Crippen LogP contribution is 2.50. The van der Waals surface area contributed by atoms with Crippen molar-refractivity contribution in [2.75, 3.05) is 0 Å². The van der Waals surface area contributed by atoms with E-state index in [1.807, 2.05) is 0 Å². The molecule has 0 heterocycles. The fourth-order valence-corrected chi connectivity index (χ4v) is 8.70. The van der Waals surface area contributed by atoms with Crippen LogP contribution in [0.25, 0.3) is 12.2 Å². The zero-order valence-electron chi connectivity index (χ0n) is 16.6. The van der Waals surface area contributed by atoms with E-state index in [1.54, 1.807) is 10.4 Å². The molecule has 1 unspecified atom stereocenters. The molecule has 2 aromatic rings. The summed E-state index contributed by atoms with van der Waals surface area (Å²) in [7, 11) is -1.74. The molecule has 0 bridgehead atoms. The Bertz CT molecular complexity index is 1090. The van der Waals surface area contributed by atoms with Crippen molar-refractivity contribution < 1.29 is 0 Å². The Labute approximate surface area is 163 Å². The van der Waals surface area contributed by atoms with Gasteiger partial charge >= 0.3 is 0 Å². The highest BCUT2D eigenvalue weighted by atomic mass is 28.3. The Morgan fingerprint density at radius 3 is 2.33 bits per heavy atom. The average Bonchev–Trinajstić information content (AvgIpc) is 3.23. The van der Waals surface area contributed by atoms with Crippen LogP contribution in [0.2, 0.25) is 13.1 Å². The van der Waals surface area contributed by atoms with E-state index in [4.69, 9.17) is 0 Å². The average molecular weight is 367 g/mol. The largest absolute Gasteiger partial charge is 0.109 e. The zero-order chi connectivity index (χ0) is 18.8. The van der Waals surface area contributed by atoms with Crippen LogP contribution in [0.15, 0.2) is 81.7 Å². The van der Waals surface area contributed by atoms with Crippen LogP contribution in [-0.4, -0.2) is 8.07 Å². The van der Waals surface area contributed by atoms with E-state index in [1.165, 1.54) is 39.0 Å². The summed E-state index contributed by atoms with van der Waals surface area (Å²) in [6.45, 7) is 9.79. The summed E-state index contributed by atoms with van der Waals surface area (Å²) in [6, 6.07) is 17.8. The predicted molar refractivity (Wildman–Crippen MR) is 119 cm³/mol. The molecule has 3 aliphatic carbocycles. The molecular formula is C26H26Si. The van der Waals surface area contributed by atoms with Crippen LogP contribution < -0.4 is 0 Å². The standard InChI is InChI=1S/C26H26Si/c1-17-13-24-18(2)23-12-8-7-11-21(23)16-25(24)26(17)27(3,4)22-14-19-9-5-6-10-20(19)15-22/h5-14,16,18H,15H2,1-4H3. The molecule has 1 atom stereocenters. The molecule has 3 aliphatic rings. The van der Waals surface area contributed by atoms with Gasteiger partial charge in [-0.2, -0.15) is 0 Å². The first-order valence-electron chi connectivity index (χ1n) is 10.00. The molecule has 5 rings (SSSR count). The molecular weight excluding hydrogens is 340 g/mol. The molecule has 0 radical (unpaired) electrons. The van der Waals surface area contributed by atoms with Gasteiger partial charge in [-0.15, -0.1) is 0 Å². The fraction of sp³-hybridized carbons (Fsp3) is 0.231. The van der Waals surface area contributed by atoms with E-state index < -0.39 is 8.07 Å². The quantitative estimate of drug-likeness (QED) is 0.509. The van der Waals surface area contributed by atoms with Crippen LogP contribution in [-0.2, 0) is 6.42 Å². The number of allylic oxidation sites excluding steroid dienone is 6. The molecule has 0 nitrogen and oxygen atoms in total. The molecule has 1 heteroatoms. The number of benzene rings is 2. The van der Waals surface area contributed by atoms with Crippen molar-refractivity contribution in [2.24, 2.45) is 0 Å². The molecule has 0 N–H and O–H groups in total. The summed E-state index contributed by atoms with van der Waals surface area (Å²) in [4.78, 5) is 0. The minimum absolute atomic E-state index is 0.480. The van der Waals surface area contributed by atoms with Gasteiger partial charge in [0.25, 0.3) is 0 Å². The van der Waals surface area contributed by atoms with Crippen molar-refractivity contribution in [1.82, 2.24) is 0 Å². The van der Waals surface area contributed by atoms with Crippen LogP contribution in [0.5, 0.6) is 0 Å². The fourth-order valence-electron chi connectivity index (χ4n) is 5.28. The molecule has 27 heavy (non-hydrogen) atoms. The summed E-state index contributed by atoms with van der Waals surface area (Å²) in [5, 5.41) is 3.32. The number of hydrogen-bond donors (Lipinski definition) is 0. The lowest BCUT2D eigenvalue weighted by Gasteiger charge is -2.32. The lowest BCUT2D eigenvalue weighted by atomic mass is 9.81. The van der Waals surface area contributed by atoms with Crippen molar-refractivity contribution >= 4 is 20.2 Å². The lowest BCUT2D eigenvalue weighted by molar-refractivity contribution is 0.901. The number of hydrogen-bond acceptors (Lipinski definition) is 0. The van der Waals surface area contributed by atoms with E-state index in [-0.39, 0.29) is 0 Å². The smallest absolute Gasteiger partial charge is 0.0711 e. The van der Waals surface area contributed by atoms with Gasteiger partial charge < -0.3 is 0 Å². The Balaban J connectivity index is 1.60. The topological polar surface area (TPSA) is 0 Å². The van der Waals surface area contributed by atoms with Crippen LogP contribution in [0.1, 0.15) is 42.0 Å². The molecule has 0 saturated heterocycles. The second-order valence-electron chi connectivity index (χ2n) is 8.74. The summed E-state index contributed by atoms with van der Waals surface area (Å²) >= 11 is 0. The predicted octanol–water partition coefficient (Wildman–Crippen LogP) is 6.87. The normalized spacial score (nSPS) is 20.6. The first-order chi connectivity index (χ1) is 13.0. The minimum atomic E-state index is -1.74. The van der Waals surface area contributed by atoms with Crippen LogP contribution in [0, 0.1) is 0 Å². The molecule has 0 fully saturated rings. The summed E-state index contributed by atoms with van der Waals surface area (Å²) < 4.78 is 0. The van der Waals surface area contributed by atoms with Crippen LogP contribution >= 0.6 is 0 Å². The van der Waals surface area contributed by atoms with Crippen molar-refractivity contribution in [3.63, 3.8) is 0 Å². The molecule has 2 aromatic carbocycles. The molecule has 0 amide bonds. The Kier molecular flexibility index (Phi) is 3.61. The molecule has 0 saturated carbocycles. The maximum absolute atomic E-state index is 2.55. The number of fused-ring (bicyclic) bond motifs is 3. The monoisotopic (exact) mass is 366 g/mol. The summed E-state index contributed by atoms with van der Waals surface area (Å²) in [5.74, 6) is 0.480. The lowest BCUT2D eigenvalue weighted by Crippen LogP contribution is -2.34. The molecule has 0 aromatic heterocycles. The first-order valence-corrected chi connectivity index (χ1v) is 13.0. The Morgan fingerprint density at radius 1 is 0.852 bits per heavy atom. The van der Waals surface area contributed by atoms with Crippen molar-refractivity contribution in [3.8, 4) is 0 Å². The minimum Gasteiger partial charge on any atom is -0.0711 e. The van der Waals surface area contributed by atoms with Crippen molar-refractivity contribution in [1.29, 1.82) is 0 Å². The van der Waals surface area contributed by atoms with Gasteiger partial charge in [-0.25, -0.2) is 0 Å². The first kappa shape index (κ1) is 16.8. The van der Waals surface area contributed by atoms with Gasteiger partial charge in [-0.3, -0.25) is 0 Å².